The van der Waals surface area contributed by atoms with Crippen LogP contribution in [0.1, 0.15) is 13.8 Å². The summed E-state index contributed by atoms with van der Waals surface area (Å²) in [6, 6.07) is 11.0. The van der Waals surface area contributed by atoms with E-state index in [-0.39, 0.29) is 30.2 Å². The van der Waals surface area contributed by atoms with Crippen molar-refractivity contribution >= 4 is 5.91 Å². The summed E-state index contributed by atoms with van der Waals surface area (Å²) in [5.41, 5.74) is 1.26. The highest BCUT2D eigenvalue weighted by Crippen LogP contribution is 2.14. The van der Waals surface area contributed by atoms with Crippen molar-refractivity contribution in [3.63, 3.8) is 0 Å². The summed E-state index contributed by atoms with van der Waals surface area (Å²) >= 11 is 0. The molecule has 1 fully saturated rings. The van der Waals surface area contributed by atoms with Gasteiger partial charge in [-0.25, -0.2) is 4.98 Å². The average Bonchev–Trinajstić information content (AvgIpc) is 2.56. The molecule has 2 heterocycles. The fourth-order valence-corrected chi connectivity index (χ4v) is 2.94. The standard InChI is InChI=1S/C18H21N3O3/c1-13-9-20(10-14(2)24-13)18(23)11-21-12-19-16(8-17(21)22)15-6-4-3-5-7-15/h3-8,12-14H,9-11H2,1-2H3. The molecule has 6 nitrogen and oxygen atoms in total. The van der Waals surface area contributed by atoms with Crippen molar-refractivity contribution in [1.82, 2.24) is 14.5 Å². The maximum absolute atomic E-state index is 12.4. The van der Waals surface area contributed by atoms with E-state index in [0.717, 1.165) is 5.56 Å². The van der Waals surface area contributed by atoms with Crippen LogP contribution in [0, 0.1) is 0 Å². The molecule has 2 aromatic rings. The number of morpholine rings is 1. The van der Waals surface area contributed by atoms with Crippen LogP contribution < -0.4 is 5.56 Å². The van der Waals surface area contributed by atoms with Gasteiger partial charge >= 0.3 is 0 Å². The highest BCUT2D eigenvalue weighted by atomic mass is 16.5. The lowest BCUT2D eigenvalue weighted by atomic mass is 10.1. The SMILES string of the molecule is CC1CN(C(=O)Cn2cnc(-c3ccccc3)cc2=O)CC(C)O1. The van der Waals surface area contributed by atoms with Gasteiger partial charge < -0.3 is 9.64 Å². The Morgan fingerprint density at radius 3 is 2.50 bits per heavy atom. The normalized spacial score (nSPS) is 20.8. The zero-order valence-corrected chi connectivity index (χ0v) is 13.9. The molecule has 0 spiro atoms. The number of hydrogen-bond acceptors (Lipinski definition) is 4. The van der Waals surface area contributed by atoms with E-state index in [1.54, 1.807) is 4.90 Å². The lowest BCUT2D eigenvalue weighted by Crippen LogP contribution is -2.49. The molecule has 0 N–H and O–H groups in total. The highest BCUT2D eigenvalue weighted by Gasteiger charge is 2.26. The highest BCUT2D eigenvalue weighted by molar-refractivity contribution is 5.76. The summed E-state index contributed by atoms with van der Waals surface area (Å²) in [4.78, 5) is 30.8. The van der Waals surface area contributed by atoms with E-state index in [9.17, 15) is 9.59 Å². The van der Waals surface area contributed by atoms with Gasteiger partial charge in [0.05, 0.1) is 24.2 Å². The van der Waals surface area contributed by atoms with Gasteiger partial charge in [-0.1, -0.05) is 30.3 Å². The van der Waals surface area contributed by atoms with Crippen LogP contribution in [0.2, 0.25) is 0 Å². The zero-order chi connectivity index (χ0) is 17.1. The Hall–Kier alpha value is -2.47. The first kappa shape index (κ1) is 16.4. The third-order valence-corrected chi connectivity index (χ3v) is 4.03. The Bertz CT molecular complexity index is 763. The number of nitrogens with zero attached hydrogens (tertiary/aromatic N) is 3. The summed E-state index contributed by atoms with van der Waals surface area (Å²) in [5.74, 6) is -0.0895. The van der Waals surface area contributed by atoms with Crippen molar-refractivity contribution in [2.24, 2.45) is 0 Å². The minimum Gasteiger partial charge on any atom is -0.372 e. The summed E-state index contributed by atoms with van der Waals surface area (Å²) in [6.45, 7) is 4.98. The van der Waals surface area contributed by atoms with Crippen molar-refractivity contribution in [3.8, 4) is 11.3 Å². The summed E-state index contributed by atoms with van der Waals surface area (Å²) in [6.07, 6.45) is 1.46. The number of hydrogen-bond donors (Lipinski definition) is 0. The van der Waals surface area contributed by atoms with Gasteiger partial charge in [0, 0.05) is 24.7 Å². The molecule has 6 heteroatoms. The number of amides is 1. The van der Waals surface area contributed by atoms with Crippen molar-refractivity contribution in [3.05, 3.63) is 53.1 Å². The number of aromatic nitrogens is 2. The van der Waals surface area contributed by atoms with Gasteiger partial charge in [-0.3, -0.25) is 14.2 Å². The van der Waals surface area contributed by atoms with Crippen molar-refractivity contribution < 1.29 is 9.53 Å². The Morgan fingerprint density at radius 1 is 1.21 bits per heavy atom. The monoisotopic (exact) mass is 327 g/mol. The van der Waals surface area contributed by atoms with Crippen molar-refractivity contribution in [2.45, 2.75) is 32.6 Å². The molecule has 0 bridgehead atoms. The first-order valence-electron chi connectivity index (χ1n) is 8.08. The third-order valence-electron chi connectivity index (χ3n) is 4.03. The third kappa shape index (κ3) is 3.71. The maximum Gasteiger partial charge on any atom is 0.254 e. The number of benzene rings is 1. The molecule has 1 aromatic heterocycles. The molecule has 1 amide bonds. The molecular formula is C18H21N3O3. The molecule has 1 aliphatic rings. The van der Waals surface area contributed by atoms with Crippen LogP contribution in [0.25, 0.3) is 11.3 Å². The predicted octanol–water partition coefficient (Wildman–Crippen LogP) is 1.55. The second kappa shape index (κ2) is 6.97. The number of ether oxygens (including phenoxy) is 1. The maximum atomic E-state index is 12.4. The van der Waals surface area contributed by atoms with Crippen LogP contribution in [-0.4, -0.2) is 45.7 Å². The summed E-state index contributed by atoms with van der Waals surface area (Å²) < 4.78 is 6.98. The van der Waals surface area contributed by atoms with Crippen LogP contribution in [0.5, 0.6) is 0 Å². The Labute approximate surface area is 140 Å². The van der Waals surface area contributed by atoms with Crippen LogP contribution >= 0.6 is 0 Å². The van der Waals surface area contributed by atoms with E-state index in [1.165, 1.54) is 17.0 Å². The second-order valence-corrected chi connectivity index (χ2v) is 6.16. The van der Waals surface area contributed by atoms with Gasteiger partial charge in [0.1, 0.15) is 6.54 Å². The molecule has 1 aliphatic heterocycles. The molecular weight excluding hydrogens is 306 g/mol. The Kier molecular flexibility index (Phi) is 4.76. The molecule has 2 unspecified atom stereocenters. The molecule has 24 heavy (non-hydrogen) atoms. The van der Waals surface area contributed by atoms with E-state index in [0.29, 0.717) is 18.8 Å². The lowest BCUT2D eigenvalue weighted by Gasteiger charge is -2.35. The van der Waals surface area contributed by atoms with Gasteiger partial charge in [0.15, 0.2) is 0 Å². The smallest absolute Gasteiger partial charge is 0.254 e. The Morgan fingerprint density at radius 2 is 1.88 bits per heavy atom. The summed E-state index contributed by atoms with van der Waals surface area (Å²) in [5, 5.41) is 0. The van der Waals surface area contributed by atoms with Gasteiger partial charge in [-0.2, -0.15) is 0 Å². The average molecular weight is 327 g/mol. The van der Waals surface area contributed by atoms with Crippen LogP contribution in [-0.2, 0) is 16.1 Å². The Balaban J connectivity index is 1.74. The van der Waals surface area contributed by atoms with Crippen LogP contribution in [0.3, 0.4) is 0 Å². The number of rotatable bonds is 3. The summed E-state index contributed by atoms with van der Waals surface area (Å²) in [7, 11) is 0. The molecule has 1 aromatic carbocycles. The molecule has 0 radical (unpaired) electrons. The first-order chi connectivity index (χ1) is 11.5. The molecule has 0 aliphatic carbocycles. The molecule has 1 saturated heterocycles. The molecule has 0 saturated carbocycles. The number of carbonyl (C=O) groups excluding carboxylic acids is 1. The predicted molar refractivity (Wildman–Crippen MR) is 90.5 cm³/mol. The zero-order valence-electron chi connectivity index (χ0n) is 13.9. The fraction of sp³-hybridized carbons (Fsp3) is 0.389. The quantitative estimate of drug-likeness (QED) is 0.858. The van der Waals surface area contributed by atoms with Gasteiger partial charge in [-0.05, 0) is 13.8 Å². The van der Waals surface area contributed by atoms with Gasteiger partial charge in [-0.15, -0.1) is 0 Å². The topological polar surface area (TPSA) is 64.4 Å². The molecule has 2 atom stereocenters. The minimum atomic E-state index is -0.230. The second-order valence-electron chi connectivity index (χ2n) is 6.16. The van der Waals surface area contributed by atoms with E-state index in [2.05, 4.69) is 4.98 Å². The van der Waals surface area contributed by atoms with E-state index in [4.69, 9.17) is 4.74 Å². The van der Waals surface area contributed by atoms with Crippen LogP contribution in [0.15, 0.2) is 47.5 Å². The van der Waals surface area contributed by atoms with E-state index in [1.807, 2.05) is 44.2 Å². The first-order valence-corrected chi connectivity index (χ1v) is 8.08. The lowest BCUT2D eigenvalue weighted by molar-refractivity contribution is -0.143. The molecule has 126 valence electrons. The van der Waals surface area contributed by atoms with Crippen molar-refractivity contribution in [2.75, 3.05) is 13.1 Å². The van der Waals surface area contributed by atoms with Crippen LogP contribution in [0.4, 0.5) is 0 Å². The number of carbonyl (C=O) groups is 1. The van der Waals surface area contributed by atoms with E-state index >= 15 is 0 Å². The van der Waals surface area contributed by atoms with Gasteiger partial charge in [0.25, 0.3) is 5.56 Å². The van der Waals surface area contributed by atoms with E-state index < -0.39 is 0 Å². The fourth-order valence-electron chi connectivity index (χ4n) is 2.94. The largest absolute Gasteiger partial charge is 0.372 e. The van der Waals surface area contributed by atoms with Gasteiger partial charge in [0.2, 0.25) is 5.91 Å². The van der Waals surface area contributed by atoms with Crippen molar-refractivity contribution in [1.29, 1.82) is 0 Å². The minimum absolute atomic E-state index is 0.000340. The molecule has 3 rings (SSSR count).